The van der Waals surface area contributed by atoms with Gasteiger partial charge in [-0.05, 0) is 37.3 Å². The van der Waals surface area contributed by atoms with Gasteiger partial charge in [-0.3, -0.25) is 9.63 Å². The lowest BCUT2D eigenvalue weighted by molar-refractivity contribution is -0.715. The van der Waals surface area contributed by atoms with Crippen LogP contribution in [0, 0.1) is 12.1 Å². The number of carbonyl (C=O) groups excluding carboxylic acids is 2. The highest BCUT2D eigenvalue weighted by Crippen LogP contribution is 2.33. The van der Waals surface area contributed by atoms with Gasteiger partial charge in [0.15, 0.2) is 5.69 Å². The standard InChI is InChI=1S/C27H29F3N6O8S/c1-17-4-6-20(7-5-17)24-16-25(27(28,29)30)31-35(24)21-8-10-23(11-9-21)45(40,41)32-26(38)43-22-12-14-34(15-13-22)36(39)33-44-19(3)42-18(2)37/h4-11,16,19,22H,12-15H2,1-3H3,(H,32,38)/b36-33+. The van der Waals surface area contributed by atoms with Gasteiger partial charge in [0.05, 0.1) is 34.3 Å². The van der Waals surface area contributed by atoms with E-state index in [1.165, 1.54) is 31.0 Å². The number of alkyl halides is 3. The predicted octanol–water partition coefficient (Wildman–Crippen LogP) is 4.46. The predicted molar refractivity (Wildman–Crippen MR) is 149 cm³/mol. The fraction of sp³-hybridized carbons (Fsp3) is 0.370. The molecule has 1 atom stereocenters. The molecular weight excluding hydrogens is 625 g/mol. The first-order chi connectivity index (χ1) is 21.1. The number of hydrogen-bond acceptors (Lipinski definition) is 10. The van der Waals surface area contributed by atoms with Crippen molar-refractivity contribution < 1.29 is 50.5 Å². The summed E-state index contributed by atoms with van der Waals surface area (Å²) >= 11 is 0. The normalized spacial score (nSPS) is 15.3. The van der Waals surface area contributed by atoms with Crippen LogP contribution in [0.25, 0.3) is 16.9 Å². The molecule has 1 amide bonds. The van der Waals surface area contributed by atoms with E-state index >= 15 is 0 Å². The third-order valence-corrected chi connectivity index (χ3v) is 7.82. The van der Waals surface area contributed by atoms with Crippen molar-refractivity contribution in [3.05, 3.63) is 71.1 Å². The van der Waals surface area contributed by atoms with E-state index < -0.39 is 46.4 Å². The molecule has 1 aliphatic heterocycles. The fourth-order valence-electron chi connectivity index (χ4n) is 4.30. The summed E-state index contributed by atoms with van der Waals surface area (Å²) in [6.07, 6.45) is -7.41. The van der Waals surface area contributed by atoms with Crippen molar-refractivity contribution in [1.82, 2.24) is 19.5 Å². The molecule has 3 aromatic rings. The Bertz CT molecular complexity index is 1650. The Hall–Kier alpha value is -4.87. The highest BCUT2D eigenvalue weighted by atomic mass is 32.2. The number of nitrogens with one attached hydrogen (secondary N) is 1. The summed E-state index contributed by atoms with van der Waals surface area (Å²) < 4.78 is 78.9. The van der Waals surface area contributed by atoms with Crippen LogP contribution in [0.4, 0.5) is 18.0 Å². The highest BCUT2D eigenvalue weighted by Gasteiger charge is 2.35. The van der Waals surface area contributed by atoms with Crippen molar-refractivity contribution in [2.45, 2.75) is 57.1 Å². The molecule has 2 aromatic carbocycles. The lowest BCUT2D eigenvalue weighted by atomic mass is 10.1. The average Bonchev–Trinajstić information content (AvgIpc) is 3.42. The summed E-state index contributed by atoms with van der Waals surface area (Å²) in [6, 6.07) is 12.4. The number of rotatable bonds is 9. The van der Waals surface area contributed by atoms with Gasteiger partial charge in [-0.25, -0.2) is 22.6 Å². The molecule has 0 radical (unpaired) electrons. The van der Waals surface area contributed by atoms with Gasteiger partial charge in [0.25, 0.3) is 16.3 Å². The summed E-state index contributed by atoms with van der Waals surface area (Å²) in [5.41, 5.74) is 0.550. The molecule has 0 saturated carbocycles. The largest absolute Gasteiger partial charge is 0.569 e. The Morgan fingerprint density at radius 3 is 2.31 bits per heavy atom. The van der Waals surface area contributed by atoms with Gasteiger partial charge in [-0.1, -0.05) is 29.8 Å². The molecular formula is C27H29F3N6O8S. The van der Waals surface area contributed by atoms with Crippen molar-refractivity contribution in [3.63, 3.8) is 0 Å². The number of piperidine rings is 1. The van der Waals surface area contributed by atoms with E-state index in [0.717, 1.165) is 28.4 Å². The second kappa shape index (κ2) is 13.4. The first kappa shape index (κ1) is 33.0. The van der Waals surface area contributed by atoms with Gasteiger partial charge in [0.1, 0.15) is 6.10 Å². The van der Waals surface area contributed by atoms with Crippen molar-refractivity contribution in [2.75, 3.05) is 13.1 Å². The van der Waals surface area contributed by atoms with Gasteiger partial charge in [-0.2, -0.15) is 18.3 Å². The topological polar surface area (TPSA) is 167 Å². The van der Waals surface area contributed by atoms with Gasteiger partial charge >= 0.3 is 18.2 Å². The molecule has 4 rings (SSSR count). The van der Waals surface area contributed by atoms with Gasteiger partial charge in [0, 0.05) is 32.3 Å². The molecule has 1 N–H and O–H groups in total. The Labute approximate surface area is 255 Å². The first-order valence-corrected chi connectivity index (χ1v) is 14.9. The van der Waals surface area contributed by atoms with Gasteiger partial charge in [0.2, 0.25) is 5.28 Å². The molecule has 1 unspecified atom stereocenters. The van der Waals surface area contributed by atoms with Crippen LogP contribution in [0.1, 0.15) is 37.9 Å². The van der Waals surface area contributed by atoms with Crippen molar-refractivity contribution in [1.29, 1.82) is 0 Å². The van der Waals surface area contributed by atoms with Crippen molar-refractivity contribution in [2.24, 2.45) is 5.28 Å². The van der Waals surface area contributed by atoms with Crippen molar-refractivity contribution in [3.8, 4) is 16.9 Å². The lowest BCUT2D eigenvalue weighted by Crippen LogP contribution is -2.43. The van der Waals surface area contributed by atoms with Crippen LogP contribution >= 0.6 is 0 Å². The smallest absolute Gasteiger partial charge is 0.435 e. The van der Waals surface area contributed by atoms with Crippen LogP contribution in [0.5, 0.6) is 0 Å². The zero-order valence-corrected chi connectivity index (χ0v) is 25.0. The number of benzene rings is 2. The average molecular weight is 655 g/mol. The van der Waals surface area contributed by atoms with Gasteiger partial charge < -0.3 is 14.7 Å². The maximum Gasteiger partial charge on any atom is 0.435 e. The summed E-state index contributed by atoms with van der Waals surface area (Å²) in [5.74, 6) is -0.616. The number of nitrogens with zero attached hydrogens (tertiary/aromatic N) is 5. The number of carbonyl (C=O) groups is 2. The molecule has 18 heteroatoms. The minimum atomic E-state index is -4.71. The summed E-state index contributed by atoms with van der Waals surface area (Å²) in [4.78, 5) is 27.9. The van der Waals surface area contributed by atoms with E-state index in [-0.39, 0.29) is 47.2 Å². The van der Waals surface area contributed by atoms with Crippen LogP contribution in [0.3, 0.4) is 0 Å². The van der Waals surface area contributed by atoms with E-state index in [1.807, 2.05) is 6.92 Å². The maximum atomic E-state index is 13.5. The zero-order chi connectivity index (χ0) is 32.9. The second-order valence-corrected chi connectivity index (χ2v) is 11.6. The molecule has 1 aliphatic rings. The fourth-order valence-corrected chi connectivity index (χ4v) is 5.18. The number of amides is 1. The quantitative estimate of drug-likeness (QED) is 0.114. The van der Waals surface area contributed by atoms with E-state index in [4.69, 9.17) is 9.57 Å². The third-order valence-electron chi connectivity index (χ3n) is 6.49. The Balaban J connectivity index is 1.38. The number of hydrogen-bond donors (Lipinski definition) is 1. The van der Waals surface area contributed by atoms with E-state index in [9.17, 15) is 36.4 Å². The number of aromatic nitrogens is 2. The van der Waals surface area contributed by atoms with Crippen molar-refractivity contribution >= 4 is 22.1 Å². The SMILES string of the molecule is CC(=O)OC(C)O/N=[N+](/[O-])N1CCC(OC(=O)NS(=O)(=O)c2ccc(-n3nc(C(F)(F)F)cc3-c3ccc(C)cc3)cc2)CC1. The highest BCUT2D eigenvalue weighted by molar-refractivity contribution is 7.90. The number of halogens is 3. The molecule has 14 nitrogen and oxygen atoms in total. The Morgan fingerprint density at radius 1 is 1.11 bits per heavy atom. The number of aryl methyl sites for hydroxylation is 1. The van der Waals surface area contributed by atoms with E-state index in [1.54, 1.807) is 29.0 Å². The number of ether oxygens (including phenoxy) is 2. The number of esters is 1. The van der Waals surface area contributed by atoms with Crippen LogP contribution < -0.4 is 4.72 Å². The first-order valence-electron chi connectivity index (χ1n) is 13.5. The molecule has 2 heterocycles. The van der Waals surface area contributed by atoms with Crippen LogP contribution in [0.15, 0.2) is 64.8 Å². The second-order valence-electron chi connectivity index (χ2n) is 9.96. The Kier molecular flexibility index (Phi) is 9.84. The maximum absolute atomic E-state index is 13.5. The third kappa shape index (κ3) is 8.62. The van der Waals surface area contributed by atoms with Crippen LogP contribution in [-0.2, 0) is 35.3 Å². The minimum Gasteiger partial charge on any atom is -0.569 e. The summed E-state index contributed by atoms with van der Waals surface area (Å²) in [5, 5.41) is 20.3. The molecule has 1 fully saturated rings. The molecule has 0 spiro atoms. The number of sulfonamides is 1. The number of hydrazine groups is 1. The zero-order valence-electron chi connectivity index (χ0n) is 24.2. The van der Waals surface area contributed by atoms with Crippen LogP contribution in [-0.4, -0.2) is 65.7 Å². The van der Waals surface area contributed by atoms with Crippen LogP contribution in [0.2, 0.25) is 0 Å². The monoisotopic (exact) mass is 654 g/mol. The molecule has 45 heavy (non-hydrogen) atoms. The van der Waals surface area contributed by atoms with E-state index in [2.05, 4.69) is 15.1 Å². The molecule has 1 saturated heterocycles. The minimum absolute atomic E-state index is 0.0958. The summed E-state index contributed by atoms with van der Waals surface area (Å²) in [6.45, 7) is 4.56. The molecule has 0 aliphatic carbocycles. The molecule has 242 valence electrons. The molecule has 1 aromatic heterocycles. The lowest BCUT2D eigenvalue weighted by Gasteiger charge is -2.28. The van der Waals surface area contributed by atoms with E-state index in [0.29, 0.717) is 5.56 Å². The summed E-state index contributed by atoms with van der Waals surface area (Å²) in [7, 11) is -4.41. The Morgan fingerprint density at radius 2 is 1.73 bits per heavy atom. The van der Waals surface area contributed by atoms with Gasteiger partial charge in [-0.15, -0.1) is 5.01 Å². The molecule has 0 bridgehead atoms.